The summed E-state index contributed by atoms with van der Waals surface area (Å²) < 4.78 is 34.8. The van der Waals surface area contributed by atoms with E-state index in [0.717, 1.165) is 22.9 Å². The van der Waals surface area contributed by atoms with Gasteiger partial charge in [-0.1, -0.05) is 28.1 Å². The topological polar surface area (TPSA) is 92.8 Å². The number of ether oxygens (including phenoxy) is 1. The summed E-state index contributed by atoms with van der Waals surface area (Å²) >= 11 is 3.46. The van der Waals surface area contributed by atoms with E-state index in [2.05, 4.69) is 21.2 Å². The molecule has 7 nitrogen and oxygen atoms in total. The summed E-state index contributed by atoms with van der Waals surface area (Å²) in [4.78, 5) is 23.5. The molecule has 0 aromatic heterocycles. The van der Waals surface area contributed by atoms with Crippen LogP contribution in [0, 0.1) is 11.8 Å². The van der Waals surface area contributed by atoms with Crippen molar-refractivity contribution in [1.82, 2.24) is 4.31 Å². The molecule has 0 saturated heterocycles. The normalized spacial score (nSPS) is 18.5. The number of sulfonamides is 1. The van der Waals surface area contributed by atoms with Crippen LogP contribution in [0.2, 0.25) is 0 Å². The Morgan fingerprint density at radius 1 is 1.09 bits per heavy atom. The second-order valence-corrected chi connectivity index (χ2v) is 11.5. The highest BCUT2D eigenvalue weighted by Crippen LogP contribution is 2.32. The van der Waals surface area contributed by atoms with E-state index in [9.17, 15) is 18.0 Å². The number of esters is 1. The average molecular weight is 552 g/mol. The molecule has 1 amide bonds. The Labute approximate surface area is 210 Å². The van der Waals surface area contributed by atoms with Crippen molar-refractivity contribution in [3.63, 3.8) is 0 Å². The number of anilines is 1. The fourth-order valence-corrected chi connectivity index (χ4v) is 6.23. The average Bonchev–Trinajstić information content (AvgIpc) is 2.79. The zero-order valence-corrected chi connectivity index (χ0v) is 21.9. The van der Waals surface area contributed by atoms with Crippen LogP contribution in [0.5, 0.6) is 0 Å². The molecule has 2 aromatic carbocycles. The van der Waals surface area contributed by atoms with E-state index in [-0.39, 0.29) is 35.2 Å². The molecule has 34 heavy (non-hydrogen) atoms. The molecule has 0 atom stereocenters. The first-order valence-corrected chi connectivity index (χ1v) is 13.7. The Morgan fingerprint density at radius 3 is 2.35 bits per heavy atom. The number of carbonyl (C=O) groups excluding carboxylic acids is 2. The van der Waals surface area contributed by atoms with E-state index < -0.39 is 10.0 Å². The number of hydrogen-bond donors (Lipinski definition) is 1. The quantitative estimate of drug-likeness (QED) is 0.445. The number of benzene rings is 2. The van der Waals surface area contributed by atoms with Gasteiger partial charge in [0.15, 0.2) is 0 Å². The molecule has 0 radical (unpaired) electrons. The number of rotatable bonds is 9. The van der Waals surface area contributed by atoms with Crippen molar-refractivity contribution in [2.45, 2.75) is 51.0 Å². The minimum Gasteiger partial charge on any atom is -0.466 e. The Bertz CT molecular complexity index is 1100. The van der Waals surface area contributed by atoms with E-state index in [1.807, 2.05) is 24.3 Å². The molecule has 9 heteroatoms. The standard InChI is InChI=1S/C25H31BrN2O5S/c1-3-33-25(30)21-9-7-19(8-10-21)16-28(17-20-5-4-6-22(26)15-20)34(31,32)24-13-11-23(12-14-24)27-18(2)29/h4-6,11-15,19,21H,3,7-10,16-17H2,1-2H3,(H,27,29). The maximum Gasteiger partial charge on any atom is 0.308 e. The van der Waals surface area contributed by atoms with Gasteiger partial charge in [-0.15, -0.1) is 0 Å². The number of nitrogens with one attached hydrogen (secondary N) is 1. The van der Waals surface area contributed by atoms with Crippen LogP contribution in [-0.4, -0.2) is 37.8 Å². The highest BCUT2D eigenvalue weighted by Gasteiger charge is 2.32. The molecule has 3 rings (SSSR count). The van der Waals surface area contributed by atoms with Gasteiger partial charge in [-0.25, -0.2) is 8.42 Å². The third-order valence-electron chi connectivity index (χ3n) is 5.99. The van der Waals surface area contributed by atoms with Gasteiger partial charge in [0.25, 0.3) is 0 Å². The second-order valence-electron chi connectivity index (χ2n) is 8.60. The van der Waals surface area contributed by atoms with Crippen molar-refractivity contribution < 1.29 is 22.7 Å². The van der Waals surface area contributed by atoms with Crippen LogP contribution in [0.15, 0.2) is 57.9 Å². The number of hydrogen-bond acceptors (Lipinski definition) is 5. The lowest BCUT2D eigenvalue weighted by Gasteiger charge is -2.31. The van der Waals surface area contributed by atoms with Crippen LogP contribution >= 0.6 is 15.9 Å². The van der Waals surface area contributed by atoms with Gasteiger partial charge in [0, 0.05) is 30.2 Å². The molecule has 1 N–H and O–H groups in total. The maximum absolute atomic E-state index is 13.6. The first kappa shape index (κ1) is 26.4. The number of halogens is 1. The molecule has 184 valence electrons. The van der Waals surface area contributed by atoms with Gasteiger partial charge in [-0.3, -0.25) is 9.59 Å². The summed E-state index contributed by atoms with van der Waals surface area (Å²) in [5, 5.41) is 2.66. The Hall–Kier alpha value is -2.23. The van der Waals surface area contributed by atoms with E-state index >= 15 is 0 Å². The molecule has 2 aromatic rings. The van der Waals surface area contributed by atoms with Crippen molar-refractivity contribution in [1.29, 1.82) is 0 Å². The summed E-state index contributed by atoms with van der Waals surface area (Å²) in [5.74, 6) is -0.317. The molecule has 1 aliphatic rings. The first-order valence-electron chi connectivity index (χ1n) is 11.5. The van der Waals surface area contributed by atoms with E-state index in [1.165, 1.54) is 23.4 Å². The maximum atomic E-state index is 13.6. The van der Waals surface area contributed by atoms with Gasteiger partial charge >= 0.3 is 5.97 Å². The highest BCUT2D eigenvalue weighted by molar-refractivity contribution is 9.10. The van der Waals surface area contributed by atoms with Crippen LogP contribution < -0.4 is 5.32 Å². The Balaban J connectivity index is 1.79. The van der Waals surface area contributed by atoms with Gasteiger partial charge in [-0.2, -0.15) is 4.31 Å². The fourth-order valence-electron chi connectivity index (χ4n) is 4.28. The van der Waals surface area contributed by atoms with E-state index in [0.29, 0.717) is 31.7 Å². The van der Waals surface area contributed by atoms with Crippen LogP contribution in [0.1, 0.15) is 45.1 Å². The van der Waals surface area contributed by atoms with Gasteiger partial charge in [0.05, 0.1) is 17.4 Å². The molecule has 0 spiro atoms. The molecule has 1 fully saturated rings. The summed E-state index contributed by atoms with van der Waals surface area (Å²) in [6.07, 6.45) is 2.96. The Morgan fingerprint density at radius 2 is 1.76 bits per heavy atom. The van der Waals surface area contributed by atoms with E-state index in [1.54, 1.807) is 19.1 Å². The second kappa shape index (κ2) is 12.0. The molecule has 0 bridgehead atoms. The molecule has 0 aliphatic heterocycles. The van der Waals surface area contributed by atoms with Gasteiger partial charge in [0.1, 0.15) is 0 Å². The first-order chi connectivity index (χ1) is 16.2. The third-order valence-corrected chi connectivity index (χ3v) is 8.31. The zero-order chi connectivity index (χ0) is 24.7. The monoisotopic (exact) mass is 550 g/mol. The molecule has 0 unspecified atom stereocenters. The molecule has 1 aliphatic carbocycles. The van der Waals surface area contributed by atoms with Crippen molar-refractivity contribution in [3.8, 4) is 0 Å². The predicted octanol–water partition coefficient (Wildman–Crippen LogP) is 4.97. The van der Waals surface area contributed by atoms with Gasteiger partial charge in [-0.05, 0) is 80.5 Å². The van der Waals surface area contributed by atoms with E-state index in [4.69, 9.17) is 4.74 Å². The van der Waals surface area contributed by atoms with Gasteiger partial charge < -0.3 is 10.1 Å². The molecular formula is C25H31BrN2O5S. The lowest BCUT2D eigenvalue weighted by molar-refractivity contribution is -0.149. The lowest BCUT2D eigenvalue weighted by atomic mass is 9.82. The summed E-state index contributed by atoms with van der Waals surface area (Å²) in [7, 11) is -3.78. The van der Waals surface area contributed by atoms with Gasteiger partial charge in [0.2, 0.25) is 15.9 Å². The zero-order valence-electron chi connectivity index (χ0n) is 19.5. The van der Waals surface area contributed by atoms with Crippen molar-refractivity contribution in [2.75, 3.05) is 18.5 Å². The summed E-state index contributed by atoms with van der Waals surface area (Å²) in [6.45, 7) is 4.20. The predicted molar refractivity (Wildman–Crippen MR) is 135 cm³/mol. The van der Waals surface area contributed by atoms with Crippen LogP contribution in [0.3, 0.4) is 0 Å². The van der Waals surface area contributed by atoms with Crippen LogP contribution in [0.4, 0.5) is 5.69 Å². The fraction of sp³-hybridized carbons (Fsp3) is 0.440. The lowest BCUT2D eigenvalue weighted by Crippen LogP contribution is -2.37. The smallest absolute Gasteiger partial charge is 0.308 e. The SMILES string of the molecule is CCOC(=O)C1CCC(CN(Cc2cccc(Br)c2)S(=O)(=O)c2ccc(NC(C)=O)cc2)CC1. The number of nitrogens with zero attached hydrogens (tertiary/aromatic N) is 1. The number of amides is 1. The van der Waals surface area contributed by atoms with Crippen molar-refractivity contribution in [3.05, 3.63) is 58.6 Å². The summed E-state index contributed by atoms with van der Waals surface area (Å²) in [6, 6.07) is 13.8. The largest absolute Gasteiger partial charge is 0.466 e. The van der Waals surface area contributed by atoms with Crippen molar-refractivity contribution in [2.24, 2.45) is 11.8 Å². The molecule has 0 heterocycles. The molecular weight excluding hydrogens is 520 g/mol. The minimum absolute atomic E-state index is 0.104. The van der Waals surface area contributed by atoms with Crippen LogP contribution in [0.25, 0.3) is 0 Å². The minimum atomic E-state index is -3.78. The number of carbonyl (C=O) groups is 2. The van der Waals surface area contributed by atoms with Crippen LogP contribution in [-0.2, 0) is 30.9 Å². The highest BCUT2D eigenvalue weighted by atomic mass is 79.9. The Kier molecular flexibility index (Phi) is 9.27. The third kappa shape index (κ3) is 7.13. The summed E-state index contributed by atoms with van der Waals surface area (Å²) in [5.41, 5.74) is 1.43. The van der Waals surface area contributed by atoms with Crippen molar-refractivity contribution >= 4 is 43.5 Å². The molecule has 1 saturated carbocycles.